The normalized spacial score (nSPS) is 51.3. The first-order valence-electron chi connectivity index (χ1n) is 8.11. The molecule has 3 fully saturated rings. The smallest absolute Gasteiger partial charge is 0.0543 e. The Kier molecular flexibility index (Phi) is 3.05. The molecule has 0 aromatic carbocycles. The summed E-state index contributed by atoms with van der Waals surface area (Å²) in [7, 11) is 0. The van der Waals surface area contributed by atoms with E-state index in [2.05, 4.69) is 20.8 Å². The Morgan fingerprint density at radius 1 is 0.944 bits per heavy atom. The van der Waals surface area contributed by atoms with Gasteiger partial charge in [0, 0.05) is 0 Å². The molecule has 0 unspecified atom stereocenters. The zero-order chi connectivity index (χ0) is 13.0. The highest BCUT2D eigenvalue weighted by atomic mass is 16.3. The predicted molar refractivity (Wildman–Crippen MR) is 75.3 cm³/mol. The molecule has 1 heteroatoms. The van der Waals surface area contributed by atoms with E-state index in [0.717, 1.165) is 30.6 Å². The first-order chi connectivity index (χ1) is 8.43. The highest BCUT2D eigenvalue weighted by Gasteiger charge is 2.55. The second-order valence-electron chi connectivity index (χ2n) is 8.31. The molecule has 3 rings (SSSR count). The van der Waals surface area contributed by atoms with Crippen molar-refractivity contribution in [3.8, 4) is 0 Å². The average Bonchev–Trinajstić information content (AvgIpc) is 2.29. The van der Waals surface area contributed by atoms with Crippen LogP contribution in [0.15, 0.2) is 0 Å². The molecule has 3 aliphatic rings. The SMILES string of the molecule is CC1(C)CCC[C@]2(C)[C@H]3C[C@H](O)CC[C@@H]3CC[C@@H]12. The van der Waals surface area contributed by atoms with Gasteiger partial charge in [0.25, 0.3) is 0 Å². The lowest BCUT2D eigenvalue weighted by molar-refractivity contribution is -0.124. The summed E-state index contributed by atoms with van der Waals surface area (Å²) in [5, 5.41) is 10.1. The van der Waals surface area contributed by atoms with Crippen LogP contribution in [-0.4, -0.2) is 11.2 Å². The Bertz CT molecular complexity index is 322. The standard InChI is InChI=1S/C17H30O/c1-16(2)9-4-10-17(3)14-11-13(18)7-5-12(14)6-8-15(16)17/h12-15,18H,4-11H2,1-3H3/t12-,13-,14+,15+,17-/m1/s1. The van der Waals surface area contributed by atoms with Gasteiger partial charge in [-0.05, 0) is 73.5 Å². The van der Waals surface area contributed by atoms with Gasteiger partial charge in [0.1, 0.15) is 0 Å². The first kappa shape index (κ1) is 13.0. The zero-order valence-corrected chi connectivity index (χ0v) is 12.4. The highest BCUT2D eigenvalue weighted by molar-refractivity contribution is 5.04. The number of hydrogen-bond acceptors (Lipinski definition) is 1. The monoisotopic (exact) mass is 250 g/mol. The van der Waals surface area contributed by atoms with Gasteiger partial charge in [0.2, 0.25) is 0 Å². The second kappa shape index (κ2) is 4.23. The van der Waals surface area contributed by atoms with Crippen molar-refractivity contribution in [2.75, 3.05) is 0 Å². The van der Waals surface area contributed by atoms with Crippen LogP contribution in [0, 0.1) is 28.6 Å². The molecule has 1 N–H and O–H groups in total. The fourth-order valence-corrected chi connectivity index (χ4v) is 6.08. The minimum atomic E-state index is -0.00753. The lowest BCUT2D eigenvalue weighted by atomic mass is 9.44. The van der Waals surface area contributed by atoms with E-state index in [1.54, 1.807) is 0 Å². The molecule has 0 radical (unpaired) electrons. The summed E-state index contributed by atoms with van der Waals surface area (Å²) in [5.74, 6) is 2.62. The van der Waals surface area contributed by atoms with Crippen LogP contribution >= 0.6 is 0 Å². The average molecular weight is 250 g/mol. The summed E-state index contributed by atoms with van der Waals surface area (Å²) in [6, 6.07) is 0. The third-order valence-electron chi connectivity index (χ3n) is 6.91. The maximum absolute atomic E-state index is 10.1. The molecule has 0 aliphatic heterocycles. The topological polar surface area (TPSA) is 20.2 Å². The summed E-state index contributed by atoms with van der Waals surface area (Å²) < 4.78 is 0. The molecule has 5 atom stereocenters. The van der Waals surface area contributed by atoms with Crippen molar-refractivity contribution in [3.05, 3.63) is 0 Å². The molecule has 0 spiro atoms. The van der Waals surface area contributed by atoms with E-state index < -0.39 is 0 Å². The third-order valence-corrected chi connectivity index (χ3v) is 6.91. The van der Waals surface area contributed by atoms with E-state index >= 15 is 0 Å². The molecule has 0 bridgehead atoms. The van der Waals surface area contributed by atoms with E-state index in [1.165, 1.54) is 38.5 Å². The molecule has 0 aromatic heterocycles. The molecule has 3 saturated carbocycles. The van der Waals surface area contributed by atoms with Crippen molar-refractivity contribution in [3.63, 3.8) is 0 Å². The molecule has 0 amide bonds. The fourth-order valence-electron chi connectivity index (χ4n) is 6.08. The maximum atomic E-state index is 10.1. The Labute approximate surface area is 112 Å². The van der Waals surface area contributed by atoms with Gasteiger partial charge in [-0.2, -0.15) is 0 Å². The summed E-state index contributed by atoms with van der Waals surface area (Å²) in [6.07, 6.45) is 10.5. The van der Waals surface area contributed by atoms with E-state index in [4.69, 9.17) is 0 Å². The molecule has 0 aromatic rings. The molecule has 0 saturated heterocycles. The van der Waals surface area contributed by atoms with Gasteiger partial charge in [0.15, 0.2) is 0 Å². The largest absolute Gasteiger partial charge is 0.393 e. The molecule has 3 aliphatic carbocycles. The fraction of sp³-hybridized carbons (Fsp3) is 1.00. The zero-order valence-electron chi connectivity index (χ0n) is 12.4. The quantitative estimate of drug-likeness (QED) is 0.676. The van der Waals surface area contributed by atoms with Crippen LogP contribution in [0.1, 0.15) is 72.1 Å². The van der Waals surface area contributed by atoms with Crippen LogP contribution < -0.4 is 0 Å². The number of fused-ring (bicyclic) bond motifs is 3. The van der Waals surface area contributed by atoms with Crippen LogP contribution in [0.3, 0.4) is 0 Å². The Morgan fingerprint density at radius 3 is 2.44 bits per heavy atom. The molecule has 104 valence electrons. The van der Waals surface area contributed by atoms with E-state index in [1.807, 2.05) is 0 Å². The van der Waals surface area contributed by atoms with E-state index in [-0.39, 0.29) is 6.10 Å². The molecule has 1 nitrogen and oxygen atoms in total. The summed E-state index contributed by atoms with van der Waals surface area (Å²) in [5.41, 5.74) is 1.05. The van der Waals surface area contributed by atoms with Crippen molar-refractivity contribution in [1.29, 1.82) is 0 Å². The Hall–Kier alpha value is -0.0400. The van der Waals surface area contributed by atoms with Gasteiger partial charge in [-0.15, -0.1) is 0 Å². The van der Waals surface area contributed by atoms with Gasteiger partial charge < -0.3 is 5.11 Å². The van der Waals surface area contributed by atoms with Crippen LogP contribution in [0.25, 0.3) is 0 Å². The van der Waals surface area contributed by atoms with Crippen molar-refractivity contribution in [2.24, 2.45) is 28.6 Å². The molecular formula is C17H30O. The minimum absolute atomic E-state index is 0.00753. The van der Waals surface area contributed by atoms with Crippen molar-refractivity contribution in [2.45, 2.75) is 78.2 Å². The number of rotatable bonds is 0. The third kappa shape index (κ3) is 1.85. The van der Waals surface area contributed by atoms with Gasteiger partial charge in [-0.3, -0.25) is 0 Å². The summed E-state index contributed by atoms with van der Waals surface area (Å²) >= 11 is 0. The Balaban J connectivity index is 1.90. The van der Waals surface area contributed by atoms with Gasteiger partial charge in [0.05, 0.1) is 6.10 Å². The number of hydrogen-bond donors (Lipinski definition) is 1. The van der Waals surface area contributed by atoms with E-state index in [0.29, 0.717) is 10.8 Å². The summed E-state index contributed by atoms with van der Waals surface area (Å²) in [6.45, 7) is 7.55. The van der Waals surface area contributed by atoms with Crippen molar-refractivity contribution in [1.82, 2.24) is 0 Å². The van der Waals surface area contributed by atoms with Gasteiger partial charge >= 0.3 is 0 Å². The molecular weight excluding hydrogens is 220 g/mol. The van der Waals surface area contributed by atoms with Crippen LogP contribution in [0.2, 0.25) is 0 Å². The van der Waals surface area contributed by atoms with Gasteiger partial charge in [-0.25, -0.2) is 0 Å². The van der Waals surface area contributed by atoms with E-state index in [9.17, 15) is 5.11 Å². The van der Waals surface area contributed by atoms with Crippen LogP contribution in [0.4, 0.5) is 0 Å². The Morgan fingerprint density at radius 2 is 1.67 bits per heavy atom. The predicted octanol–water partition coefficient (Wildman–Crippen LogP) is 4.39. The van der Waals surface area contributed by atoms with Crippen LogP contribution in [-0.2, 0) is 0 Å². The number of aliphatic hydroxyl groups excluding tert-OH is 1. The summed E-state index contributed by atoms with van der Waals surface area (Å²) in [4.78, 5) is 0. The number of aliphatic hydroxyl groups is 1. The maximum Gasteiger partial charge on any atom is 0.0543 e. The lowest BCUT2D eigenvalue weighted by Gasteiger charge is -2.61. The lowest BCUT2D eigenvalue weighted by Crippen LogP contribution is -2.53. The van der Waals surface area contributed by atoms with Crippen LogP contribution in [0.5, 0.6) is 0 Å². The first-order valence-corrected chi connectivity index (χ1v) is 8.11. The molecule has 0 heterocycles. The highest BCUT2D eigenvalue weighted by Crippen LogP contribution is 2.63. The second-order valence-corrected chi connectivity index (χ2v) is 8.31. The minimum Gasteiger partial charge on any atom is -0.393 e. The van der Waals surface area contributed by atoms with Crippen molar-refractivity contribution < 1.29 is 5.11 Å². The molecule has 18 heavy (non-hydrogen) atoms. The van der Waals surface area contributed by atoms with Crippen molar-refractivity contribution >= 4 is 0 Å². The van der Waals surface area contributed by atoms with Gasteiger partial charge in [-0.1, -0.05) is 27.2 Å².